The largest absolute Gasteiger partial charge is 0.372 e. The van der Waals surface area contributed by atoms with E-state index in [0.717, 1.165) is 40.9 Å². The molecule has 0 bridgehead atoms. The summed E-state index contributed by atoms with van der Waals surface area (Å²) in [6, 6.07) is 13.5. The summed E-state index contributed by atoms with van der Waals surface area (Å²) >= 11 is 0. The molecule has 3 aromatic heterocycles. The van der Waals surface area contributed by atoms with Gasteiger partial charge >= 0.3 is 0 Å². The van der Waals surface area contributed by atoms with Gasteiger partial charge in [0.05, 0.1) is 29.6 Å². The molecular formula is C24H24N6O2. The zero-order valence-corrected chi connectivity index (χ0v) is 17.9. The summed E-state index contributed by atoms with van der Waals surface area (Å²) in [4.78, 5) is 23.9. The molecular weight excluding hydrogens is 404 g/mol. The van der Waals surface area contributed by atoms with Crippen molar-refractivity contribution in [1.29, 1.82) is 0 Å². The molecule has 4 heterocycles. The van der Waals surface area contributed by atoms with Crippen molar-refractivity contribution in [1.82, 2.24) is 20.2 Å². The van der Waals surface area contributed by atoms with Gasteiger partial charge in [-0.05, 0) is 49.7 Å². The number of hydrogen-bond acceptors (Lipinski definition) is 6. The lowest BCUT2D eigenvalue weighted by atomic mass is 10.0. The number of H-pyrrole nitrogens is 1. The number of ether oxygens (including phenoxy) is 1. The highest BCUT2D eigenvalue weighted by Crippen LogP contribution is 2.26. The number of pyridine rings is 2. The van der Waals surface area contributed by atoms with Gasteiger partial charge in [0.25, 0.3) is 5.91 Å². The minimum Gasteiger partial charge on any atom is -0.372 e. The Morgan fingerprint density at radius 3 is 2.66 bits per heavy atom. The molecule has 8 heteroatoms. The highest BCUT2D eigenvalue weighted by molar-refractivity contribution is 6.11. The van der Waals surface area contributed by atoms with Crippen LogP contribution in [0.3, 0.4) is 0 Å². The lowest BCUT2D eigenvalue weighted by Gasteiger charge is -2.36. The van der Waals surface area contributed by atoms with E-state index in [-0.39, 0.29) is 18.1 Å². The Hall–Kier alpha value is -3.78. The molecule has 1 saturated heterocycles. The fourth-order valence-electron chi connectivity index (χ4n) is 4.10. The highest BCUT2D eigenvalue weighted by Gasteiger charge is 2.23. The standard InChI is InChI=1S/C24H24N6O2/c1-15-13-30(14-16(2)32-15)22-8-6-19(12-26-22)27-24(31)23-20-10-17(5-7-21(20)28-29-23)18-4-3-9-25-11-18/h3-12,15-16H,13-14H2,1-2H3,(H,27,31)(H,28,29). The van der Waals surface area contributed by atoms with E-state index in [0.29, 0.717) is 11.4 Å². The maximum Gasteiger partial charge on any atom is 0.276 e. The third-order valence-electron chi connectivity index (χ3n) is 5.52. The van der Waals surface area contributed by atoms with E-state index in [1.165, 1.54) is 0 Å². The van der Waals surface area contributed by atoms with Crippen LogP contribution in [-0.2, 0) is 4.74 Å². The molecule has 1 aliphatic heterocycles. The molecule has 1 fully saturated rings. The molecule has 0 radical (unpaired) electrons. The van der Waals surface area contributed by atoms with Gasteiger partial charge in [-0.1, -0.05) is 12.1 Å². The molecule has 162 valence electrons. The quantitative estimate of drug-likeness (QED) is 0.512. The summed E-state index contributed by atoms with van der Waals surface area (Å²) in [6.07, 6.45) is 5.52. The van der Waals surface area contributed by atoms with Gasteiger partial charge in [0.1, 0.15) is 5.82 Å². The van der Waals surface area contributed by atoms with Crippen LogP contribution >= 0.6 is 0 Å². The Morgan fingerprint density at radius 2 is 1.94 bits per heavy atom. The Balaban J connectivity index is 1.35. The summed E-state index contributed by atoms with van der Waals surface area (Å²) in [5, 5.41) is 10.8. The van der Waals surface area contributed by atoms with Gasteiger partial charge in [-0.3, -0.25) is 14.9 Å². The Kier molecular flexibility index (Phi) is 5.28. The van der Waals surface area contributed by atoms with Crippen molar-refractivity contribution in [2.24, 2.45) is 0 Å². The van der Waals surface area contributed by atoms with Gasteiger partial charge in [-0.15, -0.1) is 0 Å². The molecule has 2 unspecified atom stereocenters. The number of anilines is 2. The summed E-state index contributed by atoms with van der Waals surface area (Å²) in [5.74, 6) is 0.582. The van der Waals surface area contributed by atoms with E-state index < -0.39 is 0 Å². The second-order valence-corrected chi connectivity index (χ2v) is 8.10. The molecule has 1 aliphatic rings. The fourth-order valence-corrected chi connectivity index (χ4v) is 4.10. The average Bonchev–Trinajstić information content (AvgIpc) is 3.23. The van der Waals surface area contributed by atoms with Crippen molar-refractivity contribution >= 4 is 28.3 Å². The maximum atomic E-state index is 12.9. The normalized spacial score (nSPS) is 18.6. The molecule has 0 aliphatic carbocycles. The predicted octanol–water partition coefficient (Wildman–Crippen LogP) is 3.89. The van der Waals surface area contributed by atoms with Crippen molar-refractivity contribution < 1.29 is 9.53 Å². The summed E-state index contributed by atoms with van der Waals surface area (Å²) < 4.78 is 5.79. The van der Waals surface area contributed by atoms with Crippen LogP contribution in [0.25, 0.3) is 22.0 Å². The van der Waals surface area contributed by atoms with Crippen LogP contribution in [0.4, 0.5) is 11.5 Å². The first-order valence-corrected chi connectivity index (χ1v) is 10.6. The molecule has 4 aromatic rings. The minimum absolute atomic E-state index is 0.157. The van der Waals surface area contributed by atoms with E-state index in [1.54, 1.807) is 18.6 Å². The second kappa shape index (κ2) is 8.39. The average molecular weight is 428 g/mol. The molecule has 32 heavy (non-hydrogen) atoms. The molecule has 5 rings (SSSR count). The monoisotopic (exact) mass is 428 g/mol. The number of hydrogen-bond donors (Lipinski definition) is 2. The van der Waals surface area contributed by atoms with Crippen molar-refractivity contribution in [3.63, 3.8) is 0 Å². The molecule has 8 nitrogen and oxygen atoms in total. The third-order valence-corrected chi connectivity index (χ3v) is 5.52. The van der Waals surface area contributed by atoms with Crippen LogP contribution < -0.4 is 10.2 Å². The first-order valence-electron chi connectivity index (χ1n) is 10.6. The summed E-state index contributed by atoms with van der Waals surface area (Å²) in [7, 11) is 0. The molecule has 0 saturated carbocycles. The number of morpholine rings is 1. The van der Waals surface area contributed by atoms with Gasteiger partial charge in [-0.2, -0.15) is 5.10 Å². The number of amides is 1. The number of aromatic amines is 1. The van der Waals surface area contributed by atoms with Crippen LogP contribution in [0, 0.1) is 0 Å². The molecule has 1 aromatic carbocycles. The van der Waals surface area contributed by atoms with Gasteiger partial charge in [0.2, 0.25) is 0 Å². The van der Waals surface area contributed by atoms with E-state index in [1.807, 2.05) is 42.5 Å². The molecule has 0 spiro atoms. The third kappa shape index (κ3) is 4.04. The van der Waals surface area contributed by atoms with Crippen LogP contribution in [0.1, 0.15) is 24.3 Å². The number of aromatic nitrogens is 4. The number of nitrogens with zero attached hydrogens (tertiary/aromatic N) is 4. The summed E-state index contributed by atoms with van der Waals surface area (Å²) in [6.45, 7) is 5.71. The zero-order valence-electron chi connectivity index (χ0n) is 17.9. The number of fused-ring (bicyclic) bond motifs is 1. The number of carbonyl (C=O) groups excluding carboxylic acids is 1. The van der Waals surface area contributed by atoms with E-state index in [9.17, 15) is 4.79 Å². The van der Waals surface area contributed by atoms with Crippen LogP contribution in [0.2, 0.25) is 0 Å². The topological polar surface area (TPSA) is 96.0 Å². The number of rotatable bonds is 4. The lowest BCUT2D eigenvalue weighted by molar-refractivity contribution is -0.00545. The Labute approximate surface area is 185 Å². The van der Waals surface area contributed by atoms with Crippen LogP contribution in [-0.4, -0.2) is 51.4 Å². The fraction of sp³-hybridized carbons (Fsp3) is 0.250. The predicted molar refractivity (Wildman–Crippen MR) is 124 cm³/mol. The molecule has 2 N–H and O–H groups in total. The highest BCUT2D eigenvalue weighted by atomic mass is 16.5. The van der Waals surface area contributed by atoms with Crippen molar-refractivity contribution in [3.8, 4) is 11.1 Å². The van der Waals surface area contributed by atoms with E-state index >= 15 is 0 Å². The van der Waals surface area contributed by atoms with Gasteiger partial charge < -0.3 is 15.0 Å². The minimum atomic E-state index is -0.289. The van der Waals surface area contributed by atoms with Gasteiger partial charge in [0.15, 0.2) is 5.69 Å². The Bertz CT molecular complexity index is 1230. The van der Waals surface area contributed by atoms with Crippen LogP contribution in [0.5, 0.6) is 0 Å². The first-order chi connectivity index (χ1) is 15.6. The molecule has 1 amide bonds. The first kappa shape index (κ1) is 20.1. The van der Waals surface area contributed by atoms with Gasteiger partial charge in [0, 0.05) is 36.4 Å². The van der Waals surface area contributed by atoms with Crippen molar-refractivity contribution in [3.05, 3.63) is 66.7 Å². The van der Waals surface area contributed by atoms with Crippen molar-refractivity contribution in [2.75, 3.05) is 23.3 Å². The van der Waals surface area contributed by atoms with E-state index in [4.69, 9.17) is 4.74 Å². The Morgan fingerprint density at radius 1 is 1.09 bits per heavy atom. The smallest absolute Gasteiger partial charge is 0.276 e. The molecule has 2 atom stereocenters. The van der Waals surface area contributed by atoms with Crippen molar-refractivity contribution in [2.45, 2.75) is 26.1 Å². The second-order valence-electron chi connectivity index (χ2n) is 8.10. The zero-order chi connectivity index (χ0) is 22.1. The number of nitrogens with one attached hydrogen (secondary N) is 2. The lowest BCUT2D eigenvalue weighted by Crippen LogP contribution is -2.45. The van der Waals surface area contributed by atoms with Crippen LogP contribution in [0.15, 0.2) is 61.1 Å². The van der Waals surface area contributed by atoms with E-state index in [2.05, 4.69) is 44.2 Å². The number of benzene rings is 1. The summed E-state index contributed by atoms with van der Waals surface area (Å²) in [5.41, 5.74) is 3.71. The SMILES string of the molecule is CC1CN(c2ccc(NC(=O)c3n[nH]c4ccc(-c5cccnc5)cc34)cn2)CC(C)O1. The van der Waals surface area contributed by atoms with Gasteiger partial charge in [-0.25, -0.2) is 4.98 Å². The maximum absolute atomic E-state index is 12.9. The number of carbonyl (C=O) groups is 1.